The Labute approximate surface area is 112 Å². The van der Waals surface area contributed by atoms with Crippen LogP contribution in [0.25, 0.3) is 10.9 Å². The normalized spacial score (nSPS) is 10.6. The molecular weight excluding hydrogens is 242 g/mol. The van der Waals surface area contributed by atoms with Crippen molar-refractivity contribution in [1.82, 2.24) is 4.98 Å². The van der Waals surface area contributed by atoms with E-state index in [1.165, 1.54) is 6.07 Å². The van der Waals surface area contributed by atoms with E-state index in [4.69, 9.17) is 0 Å². The standard InChI is InChI=1S/C14H17N3O2/c1-3-4-9-16(2)14-8-5-11-10-12(17(18)19)6-7-13(11)15-14/h5-8,10H,3-4,9H2,1-2H3. The molecule has 0 amide bonds. The summed E-state index contributed by atoms with van der Waals surface area (Å²) in [6.45, 7) is 3.11. The number of hydrogen-bond acceptors (Lipinski definition) is 4. The maximum atomic E-state index is 10.7. The van der Waals surface area contributed by atoms with Crippen molar-refractivity contribution < 1.29 is 4.92 Å². The SMILES string of the molecule is CCCCN(C)c1ccc2cc([N+](=O)[O-])ccc2n1. The maximum Gasteiger partial charge on any atom is 0.270 e. The molecule has 0 radical (unpaired) electrons. The summed E-state index contributed by atoms with van der Waals surface area (Å²) >= 11 is 0. The van der Waals surface area contributed by atoms with Gasteiger partial charge in [-0.3, -0.25) is 10.1 Å². The largest absolute Gasteiger partial charge is 0.360 e. The van der Waals surface area contributed by atoms with Crippen LogP contribution in [0.2, 0.25) is 0 Å². The number of nitrogens with zero attached hydrogens (tertiary/aromatic N) is 3. The van der Waals surface area contributed by atoms with Gasteiger partial charge in [-0.15, -0.1) is 0 Å². The van der Waals surface area contributed by atoms with Gasteiger partial charge in [0.05, 0.1) is 10.4 Å². The van der Waals surface area contributed by atoms with Gasteiger partial charge in [-0.25, -0.2) is 4.98 Å². The van der Waals surface area contributed by atoms with Gasteiger partial charge in [0, 0.05) is 31.1 Å². The molecule has 19 heavy (non-hydrogen) atoms. The first-order valence-corrected chi connectivity index (χ1v) is 6.38. The topological polar surface area (TPSA) is 59.3 Å². The smallest absolute Gasteiger partial charge is 0.270 e. The lowest BCUT2D eigenvalue weighted by molar-refractivity contribution is -0.384. The molecule has 5 nitrogen and oxygen atoms in total. The molecule has 0 saturated carbocycles. The van der Waals surface area contributed by atoms with Crippen LogP contribution in [0.1, 0.15) is 19.8 Å². The first kappa shape index (κ1) is 13.3. The van der Waals surface area contributed by atoms with E-state index >= 15 is 0 Å². The molecule has 0 aliphatic rings. The van der Waals surface area contributed by atoms with E-state index in [1.54, 1.807) is 12.1 Å². The molecule has 1 aromatic carbocycles. The molecule has 0 atom stereocenters. The van der Waals surface area contributed by atoms with E-state index in [2.05, 4.69) is 16.8 Å². The fourth-order valence-electron chi connectivity index (χ4n) is 1.94. The summed E-state index contributed by atoms with van der Waals surface area (Å²) in [4.78, 5) is 17.0. The number of rotatable bonds is 5. The summed E-state index contributed by atoms with van der Waals surface area (Å²) in [7, 11) is 2.01. The van der Waals surface area contributed by atoms with Crippen LogP contribution in [0.15, 0.2) is 30.3 Å². The second kappa shape index (κ2) is 5.65. The van der Waals surface area contributed by atoms with Crippen molar-refractivity contribution in [1.29, 1.82) is 0 Å². The molecule has 1 aromatic heterocycles. The molecule has 2 aromatic rings. The Kier molecular flexibility index (Phi) is 3.94. The zero-order chi connectivity index (χ0) is 13.8. The van der Waals surface area contributed by atoms with Crippen molar-refractivity contribution in [3.05, 3.63) is 40.4 Å². The van der Waals surface area contributed by atoms with Crippen molar-refractivity contribution in [3.63, 3.8) is 0 Å². The van der Waals surface area contributed by atoms with Crippen LogP contribution in [-0.4, -0.2) is 23.5 Å². The van der Waals surface area contributed by atoms with E-state index in [1.807, 2.05) is 19.2 Å². The van der Waals surface area contributed by atoms with Crippen LogP contribution in [0.5, 0.6) is 0 Å². The molecule has 0 aliphatic carbocycles. The summed E-state index contributed by atoms with van der Waals surface area (Å²) in [5, 5.41) is 11.5. The molecule has 0 saturated heterocycles. The highest BCUT2D eigenvalue weighted by Crippen LogP contribution is 2.22. The highest BCUT2D eigenvalue weighted by Gasteiger charge is 2.08. The Morgan fingerprint density at radius 3 is 2.79 bits per heavy atom. The van der Waals surface area contributed by atoms with Crippen LogP contribution >= 0.6 is 0 Å². The van der Waals surface area contributed by atoms with Gasteiger partial charge >= 0.3 is 0 Å². The first-order chi connectivity index (χ1) is 9.11. The van der Waals surface area contributed by atoms with Gasteiger partial charge in [-0.05, 0) is 24.6 Å². The summed E-state index contributed by atoms with van der Waals surface area (Å²) in [5.74, 6) is 0.898. The molecule has 0 N–H and O–H groups in total. The van der Waals surface area contributed by atoms with Gasteiger partial charge in [0.2, 0.25) is 0 Å². The quantitative estimate of drug-likeness (QED) is 0.610. The van der Waals surface area contributed by atoms with Crippen molar-refractivity contribution >= 4 is 22.4 Å². The number of nitro groups is 1. The average molecular weight is 259 g/mol. The van der Waals surface area contributed by atoms with Crippen molar-refractivity contribution in [2.24, 2.45) is 0 Å². The van der Waals surface area contributed by atoms with Crippen LogP contribution in [0.3, 0.4) is 0 Å². The number of benzene rings is 1. The van der Waals surface area contributed by atoms with Gasteiger partial charge < -0.3 is 4.90 Å². The molecule has 0 bridgehead atoms. The summed E-state index contributed by atoms with van der Waals surface area (Å²) < 4.78 is 0. The van der Waals surface area contributed by atoms with Crippen LogP contribution < -0.4 is 4.90 Å². The van der Waals surface area contributed by atoms with Gasteiger partial charge in [0.25, 0.3) is 5.69 Å². The van der Waals surface area contributed by atoms with E-state index < -0.39 is 0 Å². The van der Waals surface area contributed by atoms with Crippen molar-refractivity contribution in [3.8, 4) is 0 Å². The fourth-order valence-corrected chi connectivity index (χ4v) is 1.94. The molecule has 1 heterocycles. The Morgan fingerprint density at radius 2 is 2.11 bits per heavy atom. The lowest BCUT2D eigenvalue weighted by Gasteiger charge is -2.17. The first-order valence-electron chi connectivity index (χ1n) is 6.38. The second-order valence-corrected chi connectivity index (χ2v) is 4.58. The Hall–Kier alpha value is -2.17. The van der Waals surface area contributed by atoms with E-state index in [9.17, 15) is 10.1 Å². The molecule has 0 spiro atoms. The molecule has 0 aliphatic heterocycles. The van der Waals surface area contributed by atoms with Gasteiger partial charge in [0.1, 0.15) is 5.82 Å². The molecule has 100 valence electrons. The minimum atomic E-state index is -0.388. The number of anilines is 1. The molecular formula is C14H17N3O2. The van der Waals surface area contributed by atoms with Crippen molar-refractivity contribution in [2.45, 2.75) is 19.8 Å². The molecule has 0 unspecified atom stereocenters. The zero-order valence-corrected chi connectivity index (χ0v) is 11.2. The number of fused-ring (bicyclic) bond motifs is 1. The fraction of sp³-hybridized carbons (Fsp3) is 0.357. The van der Waals surface area contributed by atoms with Crippen LogP contribution in [0, 0.1) is 10.1 Å². The van der Waals surface area contributed by atoms with Crippen LogP contribution in [0.4, 0.5) is 11.5 Å². The zero-order valence-electron chi connectivity index (χ0n) is 11.2. The lowest BCUT2D eigenvalue weighted by Crippen LogP contribution is -2.19. The van der Waals surface area contributed by atoms with Gasteiger partial charge in [0.15, 0.2) is 0 Å². The minimum Gasteiger partial charge on any atom is -0.360 e. The highest BCUT2D eigenvalue weighted by atomic mass is 16.6. The number of pyridine rings is 1. The number of unbranched alkanes of at least 4 members (excludes halogenated alkanes) is 1. The lowest BCUT2D eigenvalue weighted by atomic mass is 10.2. The molecule has 0 fully saturated rings. The third-order valence-electron chi connectivity index (χ3n) is 3.11. The molecule has 5 heteroatoms. The predicted molar refractivity (Wildman–Crippen MR) is 76.6 cm³/mol. The number of aromatic nitrogens is 1. The molecule has 2 rings (SSSR count). The Balaban J connectivity index is 2.31. The maximum absolute atomic E-state index is 10.7. The average Bonchev–Trinajstić information content (AvgIpc) is 2.43. The Morgan fingerprint density at radius 1 is 1.32 bits per heavy atom. The monoisotopic (exact) mass is 259 g/mol. The van der Waals surface area contributed by atoms with Crippen LogP contribution in [-0.2, 0) is 0 Å². The number of hydrogen-bond donors (Lipinski definition) is 0. The third-order valence-corrected chi connectivity index (χ3v) is 3.11. The van der Waals surface area contributed by atoms with Crippen molar-refractivity contribution in [2.75, 3.05) is 18.5 Å². The minimum absolute atomic E-state index is 0.0985. The summed E-state index contributed by atoms with van der Waals surface area (Å²) in [5.41, 5.74) is 0.882. The predicted octanol–water partition coefficient (Wildman–Crippen LogP) is 3.38. The van der Waals surface area contributed by atoms with Gasteiger partial charge in [-0.1, -0.05) is 13.3 Å². The van der Waals surface area contributed by atoms with E-state index in [0.29, 0.717) is 0 Å². The Bertz CT molecular complexity index is 598. The second-order valence-electron chi connectivity index (χ2n) is 4.58. The third kappa shape index (κ3) is 2.99. The van der Waals surface area contributed by atoms with Gasteiger partial charge in [-0.2, -0.15) is 0 Å². The highest BCUT2D eigenvalue weighted by molar-refractivity contribution is 5.82. The summed E-state index contributed by atoms with van der Waals surface area (Å²) in [6.07, 6.45) is 2.26. The number of nitro benzene ring substituents is 1. The van der Waals surface area contributed by atoms with E-state index in [0.717, 1.165) is 36.1 Å². The van der Waals surface area contributed by atoms with E-state index in [-0.39, 0.29) is 10.6 Å². The summed E-state index contributed by atoms with van der Waals surface area (Å²) in [6, 6.07) is 8.53. The number of non-ortho nitro benzene ring substituents is 1.